The van der Waals surface area contributed by atoms with Crippen molar-refractivity contribution in [3.8, 4) is 0 Å². The molecule has 0 bridgehead atoms. The van der Waals surface area contributed by atoms with Crippen molar-refractivity contribution in [3.63, 3.8) is 0 Å². The van der Waals surface area contributed by atoms with Crippen molar-refractivity contribution < 1.29 is 13.2 Å². The molecule has 1 aromatic rings. The van der Waals surface area contributed by atoms with E-state index in [1.165, 1.54) is 0 Å². The van der Waals surface area contributed by atoms with E-state index in [-0.39, 0.29) is 5.69 Å². The van der Waals surface area contributed by atoms with Gasteiger partial charge in [0.2, 0.25) is 0 Å². The molecule has 2 rings (SSSR count). The van der Waals surface area contributed by atoms with E-state index >= 15 is 0 Å². The number of hydrogen-bond donors (Lipinski definition) is 1. The van der Waals surface area contributed by atoms with Crippen LogP contribution in [0, 0.1) is 0 Å². The maximum absolute atomic E-state index is 12.4. The van der Waals surface area contributed by atoms with Gasteiger partial charge in [0, 0.05) is 19.3 Å². The highest BCUT2D eigenvalue weighted by atomic mass is 19.4. The summed E-state index contributed by atoms with van der Waals surface area (Å²) >= 11 is 0. The summed E-state index contributed by atoms with van der Waals surface area (Å²) in [7, 11) is 0. The Morgan fingerprint density at radius 1 is 1.18 bits per heavy atom. The molecule has 2 N–H and O–H groups in total. The van der Waals surface area contributed by atoms with Crippen molar-refractivity contribution in [1.82, 2.24) is 4.98 Å². The largest absolute Gasteiger partial charge is 0.417 e. The third kappa shape index (κ3) is 2.62. The van der Waals surface area contributed by atoms with Crippen molar-refractivity contribution in [1.29, 1.82) is 0 Å². The van der Waals surface area contributed by atoms with E-state index in [0.29, 0.717) is 5.82 Å². The zero-order chi connectivity index (χ0) is 12.5. The third-order valence-electron chi connectivity index (χ3n) is 2.88. The standard InChI is InChI=1S/C11H14F3N3/c12-11(13,14)8-6-9(15)10(16-7-8)17-4-2-1-3-5-17/h6-7H,1-5,15H2. The number of anilines is 2. The lowest BCUT2D eigenvalue weighted by molar-refractivity contribution is -0.137. The van der Waals surface area contributed by atoms with Gasteiger partial charge in [-0.1, -0.05) is 0 Å². The van der Waals surface area contributed by atoms with Crippen molar-refractivity contribution in [2.24, 2.45) is 0 Å². The number of aromatic nitrogens is 1. The second-order valence-corrected chi connectivity index (χ2v) is 4.18. The molecule has 3 nitrogen and oxygen atoms in total. The van der Waals surface area contributed by atoms with E-state index in [1.807, 2.05) is 4.90 Å². The third-order valence-corrected chi connectivity index (χ3v) is 2.88. The van der Waals surface area contributed by atoms with E-state index < -0.39 is 11.7 Å². The number of rotatable bonds is 1. The maximum Gasteiger partial charge on any atom is 0.417 e. The summed E-state index contributed by atoms with van der Waals surface area (Å²) in [6, 6.07) is 0.955. The summed E-state index contributed by atoms with van der Waals surface area (Å²) in [5.41, 5.74) is 4.95. The highest BCUT2D eigenvalue weighted by Crippen LogP contribution is 2.33. The van der Waals surface area contributed by atoms with Crippen LogP contribution in [0.25, 0.3) is 0 Å². The first-order chi connectivity index (χ1) is 7.98. The van der Waals surface area contributed by atoms with Crippen LogP contribution in [0.15, 0.2) is 12.3 Å². The van der Waals surface area contributed by atoms with Gasteiger partial charge < -0.3 is 10.6 Å². The first-order valence-corrected chi connectivity index (χ1v) is 5.56. The van der Waals surface area contributed by atoms with Crippen molar-refractivity contribution >= 4 is 11.5 Å². The van der Waals surface area contributed by atoms with Gasteiger partial charge in [0.05, 0.1) is 11.3 Å². The number of nitrogens with zero attached hydrogens (tertiary/aromatic N) is 2. The van der Waals surface area contributed by atoms with E-state index in [2.05, 4.69) is 4.98 Å². The van der Waals surface area contributed by atoms with E-state index in [0.717, 1.165) is 44.6 Å². The van der Waals surface area contributed by atoms with Crippen molar-refractivity contribution in [3.05, 3.63) is 17.8 Å². The van der Waals surface area contributed by atoms with Gasteiger partial charge in [-0.25, -0.2) is 4.98 Å². The SMILES string of the molecule is Nc1cc(C(F)(F)F)cnc1N1CCCCC1. The number of nitrogen functional groups attached to an aromatic ring is 1. The van der Waals surface area contributed by atoms with Gasteiger partial charge in [0.1, 0.15) is 0 Å². The summed E-state index contributed by atoms with van der Waals surface area (Å²) in [5, 5.41) is 0. The highest BCUT2D eigenvalue weighted by molar-refractivity contribution is 5.63. The maximum atomic E-state index is 12.4. The summed E-state index contributed by atoms with van der Waals surface area (Å²) < 4.78 is 37.3. The smallest absolute Gasteiger partial charge is 0.396 e. The van der Waals surface area contributed by atoms with Crippen LogP contribution < -0.4 is 10.6 Å². The molecule has 1 aliphatic rings. The molecule has 94 valence electrons. The fraction of sp³-hybridized carbons (Fsp3) is 0.545. The molecule has 0 aromatic carbocycles. The Labute approximate surface area is 97.4 Å². The first-order valence-electron chi connectivity index (χ1n) is 5.56. The Morgan fingerprint density at radius 3 is 2.35 bits per heavy atom. The fourth-order valence-electron chi connectivity index (χ4n) is 2.00. The van der Waals surface area contributed by atoms with Gasteiger partial charge in [-0.3, -0.25) is 0 Å². The van der Waals surface area contributed by atoms with E-state index in [1.54, 1.807) is 0 Å². The average molecular weight is 245 g/mol. The number of alkyl halides is 3. The van der Waals surface area contributed by atoms with Crippen molar-refractivity contribution in [2.75, 3.05) is 23.7 Å². The molecule has 0 atom stereocenters. The zero-order valence-electron chi connectivity index (χ0n) is 9.30. The molecular formula is C11H14F3N3. The number of pyridine rings is 1. The summed E-state index contributed by atoms with van der Waals surface area (Å²) in [6.07, 6.45) is -0.330. The second-order valence-electron chi connectivity index (χ2n) is 4.18. The minimum absolute atomic E-state index is 0.0988. The van der Waals surface area contributed by atoms with Gasteiger partial charge in [-0.05, 0) is 25.3 Å². The predicted molar refractivity (Wildman–Crippen MR) is 59.7 cm³/mol. The van der Waals surface area contributed by atoms with Crippen molar-refractivity contribution in [2.45, 2.75) is 25.4 Å². The fourth-order valence-corrected chi connectivity index (χ4v) is 2.00. The summed E-state index contributed by atoms with van der Waals surface area (Å²) in [6.45, 7) is 1.62. The molecule has 1 aliphatic heterocycles. The molecule has 0 spiro atoms. The predicted octanol–water partition coefficient (Wildman–Crippen LogP) is 2.67. The molecule has 0 aliphatic carbocycles. The molecule has 0 saturated carbocycles. The number of hydrogen-bond acceptors (Lipinski definition) is 3. The quantitative estimate of drug-likeness (QED) is 0.827. The van der Waals surface area contributed by atoms with Gasteiger partial charge in [-0.2, -0.15) is 13.2 Å². The van der Waals surface area contributed by atoms with Crippen LogP contribution in [-0.4, -0.2) is 18.1 Å². The lowest BCUT2D eigenvalue weighted by atomic mass is 10.1. The van der Waals surface area contributed by atoms with Gasteiger partial charge in [0.15, 0.2) is 5.82 Å². The first kappa shape index (κ1) is 12.0. The van der Waals surface area contributed by atoms with E-state index in [4.69, 9.17) is 5.73 Å². The Kier molecular flexibility index (Phi) is 3.13. The van der Waals surface area contributed by atoms with Crippen LogP contribution in [0.3, 0.4) is 0 Å². The Morgan fingerprint density at radius 2 is 1.82 bits per heavy atom. The molecule has 1 aromatic heterocycles. The van der Waals surface area contributed by atoms with Gasteiger partial charge >= 0.3 is 6.18 Å². The minimum atomic E-state index is -4.39. The molecule has 0 radical (unpaired) electrons. The Bertz CT molecular complexity index is 397. The van der Waals surface area contributed by atoms with Crippen LogP contribution in [0.4, 0.5) is 24.7 Å². The minimum Gasteiger partial charge on any atom is -0.396 e. The van der Waals surface area contributed by atoms with Gasteiger partial charge in [0.25, 0.3) is 0 Å². The molecule has 0 unspecified atom stereocenters. The van der Waals surface area contributed by atoms with E-state index in [9.17, 15) is 13.2 Å². The van der Waals surface area contributed by atoms with Gasteiger partial charge in [-0.15, -0.1) is 0 Å². The molecular weight excluding hydrogens is 231 g/mol. The van der Waals surface area contributed by atoms with Crippen LogP contribution >= 0.6 is 0 Å². The zero-order valence-corrected chi connectivity index (χ0v) is 9.30. The Hall–Kier alpha value is -1.46. The molecule has 1 fully saturated rings. The summed E-state index contributed by atoms with van der Waals surface area (Å²) in [4.78, 5) is 5.79. The number of piperidine rings is 1. The topological polar surface area (TPSA) is 42.1 Å². The molecule has 17 heavy (non-hydrogen) atoms. The monoisotopic (exact) mass is 245 g/mol. The Balaban J connectivity index is 2.25. The van der Waals surface area contributed by atoms with Crippen LogP contribution in [0.5, 0.6) is 0 Å². The summed E-state index contributed by atoms with van der Waals surface area (Å²) in [5.74, 6) is 0.470. The molecule has 0 amide bonds. The lowest BCUT2D eigenvalue weighted by Gasteiger charge is -2.28. The molecule has 1 saturated heterocycles. The number of nitrogens with two attached hydrogens (primary N) is 1. The van der Waals surface area contributed by atoms with Crippen LogP contribution in [0.1, 0.15) is 24.8 Å². The molecule has 6 heteroatoms. The second kappa shape index (κ2) is 4.43. The number of halogens is 3. The average Bonchev–Trinajstić information content (AvgIpc) is 2.29. The van der Waals surface area contributed by atoms with Crippen LogP contribution in [-0.2, 0) is 6.18 Å². The highest BCUT2D eigenvalue weighted by Gasteiger charge is 2.32. The normalized spacial score (nSPS) is 17.2. The molecule has 2 heterocycles. The lowest BCUT2D eigenvalue weighted by Crippen LogP contribution is -2.31. The van der Waals surface area contributed by atoms with Crippen LogP contribution in [0.2, 0.25) is 0 Å².